The molecule has 0 aromatic heterocycles. The van der Waals surface area contributed by atoms with Crippen LogP contribution in [-0.4, -0.2) is 38.1 Å². The second-order valence-electron chi connectivity index (χ2n) is 7.98. The minimum absolute atomic E-state index is 0.155. The van der Waals surface area contributed by atoms with Gasteiger partial charge in [-0.1, -0.05) is 42.5 Å². The van der Waals surface area contributed by atoms with Crippen molar-refractivity contribution >= 4 is 22.8 Å². The fourth-order valence-electron chi connectivity index (χ4n) is 4.34. The van der Waals surface area contributed by atoms with Crippen molar-refractivity contribution in [1.82, 2.24) is 5.32 Å². The third kappa shape index (κ3) is 4.22. The van der Waals surface area contributed by atoms with Gasteiger partial charge in [0, 0.05) is 5.92 Å². The van der Waals surface area contributed by atoms with Gasteiger partial charge in [0.25, 0.3) is 0 Å². The zero-order valence-electron chi connectivity index (χ0n) is 18.0. The second-order valence-corrected chi connectivity index (χ2v) is 7.98. The molecule has 0 spiro atoms. The Morgan fingerprint density at radius 2 is 1.79 bits per heavy atom. The van der Waals surface area contributed by atoms with E-state index in [0.29, 0.717) is 23.5 Å². The summed E-state index contributed by atoms with van der Waals surface area (Å²) in [6.45, 7) is 0.180. The first kappa shape index (κ1) is 20.9. The van der Waals surface area contributed by atoms with E-state index < -0.39 is 24.2 Å². The quantitative estimate of drug-likeness (QED) is 0.468. The molecule has 7 nitrogen and oxygen atoms in total. The molecule has 1 aliphatic heterocycles. The van der Waals surface area contributed by atoms with Gasteiger partial charge in [-0.3, -0.25) is 0 Å². The summed E-state index contributed by atoms with van der Waals surface area (Å²) in [5, 5.41) is 4.85. The first-order valence-corrected chi connectivity index (χ1v) is 10.7. The smallest absolute Gasteiger partial charge is 0.407 e. The molecule has 168 valence electrons. The number of carbonyl (C=O) groups is 2. The third-order valence-corrected chi connectivity index (χ3v) is 6.03. The number of hydrogen-bond acceptors (Lipinski definition) is 6. The summed E-state index contributed by atoms with van der Waals surface area (Å²) < 4.78 is 21.6. The highest BCUT2D eigenvalue weighted by Crippen LogP contribution is 2.38. The molecule has 2 aliphatic rings. The lowest BCUT2D eigenvalue weighted by molar-refractivity contribution is 0.0279. The molecule has 1 N–H and O–H groups in total. The Balaban J connectivity index is 1.42. The number of carbonyl (C=O) groups excluding carboxylic acids is 2. The lowest BCUT2D eigenvalue weighted by Crippen LogP contribution is -2.49. The molecule has 0 bridgehead atoms. The zero-order valence-corrected chi connectivity index (χ0v) is 18.0. The summed E-state index contributed by atoms with van der Waals surface area (Å²) in [7, 11) is 1.31. The maximum absolute atomic E-state index is 13.0. The number of rotatable bonds is 4. The van der Waals surface area contributed by atoms with Crippen LogP contribution in [0.1, 0.15) is 28.3 Å². The largest absolute Gasteiger partial charge is 0.454 e. The van der Waals surface area contributed by atoms with Crippen molar-refractivity contribution in [3.8, 4) is 11.5 Å². The monoisotopic (exact) mass is 445 g/mol. The molecular weight excluding hydrogens is 422 g/mol. The fourth-order valence-corrected chi connectivity index (χ4v) is 4.34. The van der Waals surface area contributed by atoms with E-state index in [-0.39, 0.29) is 12.7 Å². The summed E-state index contributed by atoms with van der Waals surface area (Å²) in [6, 6.07) is 18.4. The van der Waals surface area contributed by atoms with E-state index in [2.05, 4.69) is 5.32 Å². The van der Waals surface area contributed by atoms with Crippen molar-refractivity contribution in [3.63, 3.8) is 0 Å². The Hall–Kier alpha value is -4.00. The topological polar surface area (TPSA) is 83.1 Å². The molecule has 1 aliphatic carbocycles. The molecule has 3 atom stereocenters. The maximum Gasteiger partial charge on any atom is 0.407 e. The number of methoxy groups -OCH3 is 1. The number of amides is 1. The number of esters is 1. The van der Waals surface area contributed by atoms with E-state index in [0.717, 1.165) is 16.3 Å². The molecule has 1 amide bonds. The van der Waals surface area contributed by atoms with Crippen LogP contribution >= 0.6 is 0 Å². The van der Waals surface area contributed by atoms with Crippen LogP contribution in [0.15, 0.2) is 72.8 Å². The molecule has 0 radical (unpaired) electrons. The highest BCUT2D eigenvalue weighted by atomic mass is 16.7. The number of fused-ring (bicyclic) bond motifs is 2. The molecule has 3 aromatic carbocycles. The Morgan fingerprint density at radius 3 is 2.64 bits per heavy atom. The summed E-state index contributed by atoms with van der Waals surface area (Å²) in [5.74, 6) is 0.724. The van der Waals surface area contributed by atoms with Crippen LogP contribution in [0, 0.1) is 0 Å². The van der Waals surface area contributed by atoms with Crippen LogP contribution in [0.3, 0.4) is 0 Å². The molecule has 7 heteroatoms. The van der Waals surface area contributed by atoms with E-state index in [1.807, 2.05) is 66.7 Å². The van der Waals surface area contributed by atoms with Crippen LogP contribution in [0.2, 0.25) is 0 Å². The Bertz CT molecular complexity index is 1240. The van der Waals surface area contributed by atoms with E-state index in [4.69, 9.17) is 18.9 Å². The van der Waals surface area contributed by atoms with Crippen LogP contribution < -0.4 is 14.8 Å². The van der Waals surface area contributed by atoms with Crippen LogP contribution in [0.4, 0.5) is 4.79 Å². The van der Waals surface area contributed by atoms with Crippen molar-refractivity contribution in [2.24, 2.45) is 0 Å². The highest BCUT2D eigenvalue weighted by Gasteiger charge is 2.36. The van der Waals surface area contributed by atoms with Crippen molar-refractivity contribution in [3.05, 3.63) is 83.9 Å². The van der Waals surface area contributed by atoms with Crippen molar-refractivity contribution in [1.29, 1.82) is 0 Å². The predicted molar refractivity (Wildman–Crippen MR) is 122 cm³/mol. The lowest BCUT2D eigenvalue weighted by atomic mass is 9.81. The van der Waals surface area contributed by atoms with Crippen LogP contribution in [0.5, 0.6) is 11.5 Å². The van der Waals surface area contributed by atoms with Crippen molar-refractivity contribution in [2.45, 2.75) is 24.5 Å². The number of alkyl carbamates (subject to hydrolysis) is 1. The lowest BCUT2D eigenvalue weighted by Gasteiger charge is -2.35. The summed E-state index contributed by atoms with van der Waals surface area (Å²) in [5.41, 5.74) is 1.39. The summed E-state index contributed by atoms with van der Waals surface area (Å²) >= 11 is 0. The summed E-state index contributed by atoms with van der Waals surface area (Å²) in [4.78, 5) is 25.2. The molecule has 5 rings (SSSR count). The SMILES string of the molecule is COC(=O)N[C@@H]1[C@@H](c2ccc3c(c2)OCO3)CC=C[C@H]1OC(=O)c1ccc2ccccc2c1. The number of allylic oxidation sites excluding steroid dienone is 1. The van der Waals surface area contributed by atoms with Gasteiger partial charge in [-0.2, -0.15) is 0 Å². The van der Waals surface area contributed by atoms with Gasteiger partial charge < -0.3 is 24.3 Å². The first-order valence-electron chi connectivity index (χ1n) is 10.7. The maximum atomic E-state index is 13.0. The standard InChI is InChI=1S/C26H23NO6/c1-30-26(29)27-24-20(18-11-12-21-23(14-18)32-15-31-21)7-4-8-22(24)33-25(28)19-10-9-16-5-2-3-6-17(16)13-19/h2-6,8-14,20,22,24H,7,15H2,1H3,(H,27,29)/t20-,22-,24-/m1/s1. The minimum Gasteiger partial charge on any atom is -0.454 e. The highest BCUT2D eigenvalue weighted by molar-refractivity contribution is 5.95. The zero-order chi connectivity index (χ0) is 22.8. The van der Waals surface area contributed by atoms with E-state index in [9.17, 15) is 9.59 Å². The molecule has 3 aromatic rings. The van der Waals surface area contributed by atoms with Gasteiger partial charge >= 0.3 is 12.1 Å². The average Bonchev–Trinajstić information content (AvgIpc) is 3.32. The van der Waals surface area contributed by atoms with E-state index >= 15 is 0 Å². The van der Waals surface area contributed by atoms with E-state index in [1.54, 1.807) is 6.07 Å². The molecule has 33 heavy (non-hydrogen) atoms. The number of ether oxygens (including phenoxy) is 4. The number of benzene rings is 3. The molecule has 0 unspecified atom stereocenters. The third-order valence-electron chi connectivity index (χ3n) is 6.03. The van der Waals surface area contributed by atoms with Gasteiger partial charge in [0.05, 0.1) is 18.7 Å². The molecule has 0 saturated heterocycles. The number of hydrogen-bond donors (Lipinski definition) is 1. The van der Waals surface area contributed by atoms with Crippen molar-refractivity contribution in [2.75, 3.05) is 13.9 Å². The van der Waals surface area contributed by atoms with Gasteiger partial charge in [-0.25, -0.2) is 9.59 Å². The van der Waals surface area contributed by atoms with Gasteiger partial charge in [0.2, 0.25) is 6.79 Å². The molecular formula is C26H23NO6. The van der Waals surface area contributed by atoms with Gasteiger partial charge in [0.15, 0.2) is 11.5 Å². The van der Waals surface area contributed by atoms with Crippen LogP contribution in [-0.2, 0) is 9.47 Å². The average molecular weight is 445 g/mol. The van der Waals surface area contributed by atoms with Gasteiger partial charge in [0.1, 0.15) is 6.10 Å². The van der Waals surface area contributed by atoms with E-state index in [1.165, 1.54) is 7.11 Å². The van der Waals surface area contributed by atoms with Crippen LogP contribution in [0.25, 0.3) is 10.8 Å². The summed E-state index contributed by atoms with van der Waals surface area (Å²) in [6.07, 6.45) is 3.16. The Morgan fingerprint density at radius 1 is 0.970 bits per heavy atom. The Labute approximate surface area is 190 Å². The van der Waals surface area contributed by atoms with Gasteiger partial charge in [-0.05, 0) is 53.1 Å². The van der Waals surface area contributed by atoms with Crippen molar-refractivity contribution < 1.29 is 28.5 Å². The Kier molecular flexibility index (Phi) is 5.60. The second kappa shape index (κ2) is 8.86. The predicted octanol–water partition coefficient (Wildman–Crippen LogP) is 4.56. The first-order chi connectivity index (χ1) is 16.1. The molecule has 1 heterocycles. The normalized spacial score (nSPS) is 20.9. The minimum atomic E-state index is -0.674. The molecule has 0 fully saturated rings. The fraction of sp³-hybridized carbons (Fsp3) is 0.231. The van der Waals surface area contributed by atoms with Gasteiger partial charge in [-0.15, -0.1) is 0 Å². The number of nitrogens with one attached hydrogen (secondary N) is 1. The molecule has 0 saturated carbocycles.